The van der Waals surface area contributed by atoms with E-state index in [1.165, 1.54) is 18.4 Å². The Morgan fingerprint density at radius 2 is 1.58 bits per heavy atom. The number of esters is 1. The zero-order chi connectivity index (χ0) is 22.9. The molecular formula is C24H27NO5S. The highest BCUT2D eigenvalue weighted by molar-refractivity contribution is 7.17. The molecule has 164 valence electrons. The SMILES string of the molecule is COC(=O)c1c(NC(=O)[C@H]2CC(C)=C(C)C[C@@H]2C(=O)O)sc(C)c1-c1ccc(C)cc1. The van der Waals surface area contributed by atoms with Crippen LogP contribution in [-0.4, -0.2) is 30.1 Å². The molecule has 6 nitrogen and oxygen atoms in total. The third-order valence-electron chi connectivity index (χ3n) is 5.97. The Morgan fingerprint density at radius 3 is 2.13 bits per heavy atom. The highest BCUT2D eigenvalue weighted by atomic mass is 32.1. The number of aliphatic carboxylic acids is 1. The minimum atomic E-state index is -0.983. The van der Waals surface area contributed by atoms with Gasteiger partial charge in [0.25, 0.3) is 0 Å². The molecule has 1 amide bonds. The minimum Gasteiger partial charge on any atom is -0.481 e. The monoisotopic (exact) mass is 441 g/mol. The van der Waals surface area contributed by atoms with Crippen molar-refractivity contribution >= 4 is 34.2 Å². The Labute approximate surface area is 185 Å². The van der Waals surface area contributed by atoms with Gasteiger partial charge < -0.3 is 15.2 Å². The number of carbonyl (C=O) groups excluding carboxylic acids is 2. The number of benzene rings is 1. The number of thiophene rings is 1. The molecule has 7 heteroatoms. The van der Waals surface area contributed by atoms with Gasteiger partial charge in [0.15, 0.2) is 0 Å². The average molecular weight is 442 g/mol. The molecule has 3 rings (SSSR count). The molecule has 1 aromatic carbocycles. The van der Waals surface area contributed by atoms with Crippen LogP contribution in [0.15, 0.2) is 35.4 Å². The van der Waals surface area contributed by atoms with Crippen LogP contribution >= 0.6 is 11.3 Å². The Balaban J connectivity index is 2.00. The molecule has 2 aromatic rings. The second-order valence-corrected chi connectivity index (χ2v) is 9.33. The summed E-state index contributed by atoms with van der Waals surface area (Å²) < 4.78 is 5.01. The van der Waals surface area contributed by atoms with Gasteiger partial charge in [0.2, 0.25) is 5.91 Å². The van der Waals surface area contributed by atoms with Crippen LogP contribution in [0, 0.1) is 25.7 Å². The van der Waals surface area contributed by atoms with Crippen molar-refractivity contribution in [3.8, 4) is 11.1 Å². The number of allylic oxidation sites excluding steroid dienone is 2. The lowest BCUT2D eigenvalue weighted by molar-refractivity contribution is -0.146. The summed E-state index contributed by atoms with van der Waals surface area (Å²) in [7, 11) is 1.30. The molecule has 2 atom stereocenters. The highest BCUT2D eigenvalue weighted by Gasteiger charge is 2.38. The maximum atomic E-state index is 13.2. The van der Waals surface area contributed by atoms with E-state index in [-0.39, 0.29) is 5.91 Å². The molecule has 1 aliphatic carbocycles. The quantitative estimate of drug-likeness (QED) is 0.491. The van der Waals surface area contributed by atoms with Crippen molar-refractivity contribution < 1.29 is 24.2 Å². The maximum Gasteiger partial charge on any atom is 0.341 e. The normalized spacial score (nSPS) is 18.6. The first-order valence-corrected chi connectivity index (χ1v) is 10.9. The fraction of sp³-hybridized carbons (Fsp3) is 0.375. The summed E-state index contributed by atoms with van der Waals surface area (Å²) in [5.41, 5.74) is 5.02. The predicted molar refractivity (Wildman–Crippen MR) is 121 cm³/mol. The number of hydrogen-bond acceptors (Lipinski definition) is 5. The van der Waals surface area contributed by atoms with E-state index >= 15 is 0 Å². The van der Waals surface area contributed by atoms with E-state index in [2.05, 4.69) is 5.32 Å². The number of ether oxygens (including phenoxy) is 1. The van der Waals surface area contributed by atoms with Crippen LogP contribution in [-0.2, 0) is 14.3 Å². The molecule has 31 heavy (non-hydrogen) atoms. The van der Waals surface area contributed by atoms with Gasteiger partial charge in [-0.05, 0) is 46.1 Å². The number of amides is 1. The van der Waals surface area contributed by atoms with Crippen LogP contribution in [0.4, 0.5) is 5.00 Å². The average Bonchev–Trinajstić information content (AvgIpc) is 3.05. The van der Waals surface area contributed by atoms with Crippen molar-refractivity contribution in [1.82, 2.24) is 0 Å². The number of hydrogen-bond donors (Lipinski definition) is 2. The summed E-state index contributed by atoms with van der Waals surface area (Å²) >= 11 is 1.29. The first-order valence-electron chi connectivity index (χ1n) is 10.1. The van der Waals surface area contributed by atoms with E-state index in [9.17, 15) is 19.5 Å². The van der Waals surface area contributed by atoms with Crippen molar-refractivity contribution in [3.05, 3.63) is 51.4 Å². The smallest absolute Gasteiger partial charge is 0.341 e. The third kappa shape index (κ3) is 4.56. The Morgan fingerprint density at radius 1 is 1.00 bits per heavy atom. The number of aryl methyl sites for hydroxylation is 2. The van der Waals surface area contributed by atoms with Crippen molar-refractivity contribution in [1.29, 1.82) is 0 Å². The molecule has 0 saturated carbocycles. The van der Waals surface area contributed by atoms with Crippen molar-refractivity contribution in [2.75, 3.05) is 12.4 Å². The van der Waals surface area contributed by atoms with Crippen LogP contribution in [0.1, 0.15) is 47.5 Å². The van der Waals surface area contributed by atoms with Gasteiger partial charge in [0.05, 0.1) is 18.9 Å². The summed E-state index contributed by atoms with van der Waals surface area (Å²) in [5, 5.41) is 12.9. The summed E-state index contributed by atoms with van der Waals surface area (Å²) in [6, 6.07) is 7.78. The van der Waals surface area contributed by atoms with Gasteiger partial charge in [-0.25, -0.2) is 4.79 Å². The van der Waals surface area contributed by atoms with E-state index in [1.807, 2.05) is 52.0 Å². The van der Waals surface area contributed by atoms with E-state index in [1.54, 1.807) is 0 Å². The summed E-state index contributed by atoms with van der Waals surface area (Å²) in [6.45, 7) is 7.71. The topological polar surface area (TPSA) is 92.7 Å². The number of carbonyl (C=O) groups is 3. The molecule has 1 heterocycles. The van der Waals surface area contributed by atoms with E-state index in [0.29, 0.717) is 23.4 Å². The summed E-state index contributed by atoms with van der Waals surface area (Å²) in [4.78, 5) is 38.5. The van der Waals surface area contributed by atoms with E-state index < -0.39 is 23.8 Å². The zero-order valence-corrected chi connectivity index (χ0v) is 19.2. The lowest BCUT2D eigenvalue weighted by atomic mass is 9.76. The third-order valence-corrected chi connectivity index (χ3v) is 6.99. The molecule has 0 spiro atoms. The van der Waals surface area contributed by atoms with Crippen molar-refractivity contribution in [3.63, 3.8) is 0 Å². The second-order valence-electron chi connectivity index (χ2n) is 8.10. The molecule has 0 bridgehead atoms. The number of methoxy groups -OCH3 is 1. The Bertz CT molecular complexity index is 1060. The second kappa shape index (κ2) is 9.06. The first kappa shape index (κ1) is 22.7. The number of anilines is 1. The molecule has 0 saturated heterocycles. The number of rotatable bonds is 5. The predicted octanol–water partition coefficient (Wildman–Crippen LogP) is 5.20. The summed E-state index contributed by atoms with van der Waals surface area (Å²) in [6.07, 6.45) is 0.735. The molecule has 0 fully saturated rings. The molecule has 0 aliphatic heterocycles. The molecule has 1 aliphatic rings. The van der Waals surface area contributed by atoms with Gasteiger partial charge in [0.1, 0.15) is 10.6 Å². The molecule has 0 radical (unpaired) electrons. The molecule has 2 N–H and O–H groups in total. The van der Waals surface area contributed by atoms with Crippen molar-refractivity contribution in [2.45, 2.75) is 40.5 Å². The minimum absolute atomic E-state index is 0.299. The number of carboxylic acids is 1. The van der Waals surface area contributed by atoms with Crippen molar-refractivity contribution in [2.24, 2.45) is 11.8 Å². The van der Waals surface area contributed by atoms with E-state index in [4.69, 9.17) is 4.74 Å². The van der Waals surface area contributed by atoms with Crippen LogP contribution in [0.2, 0.25) is 0 Å². The largest absolute Gasteiger partial charge is 0.481 e. The van der Waals surface area contributed by atoms with Crippen LogP contribution in [0.3, 0.4) is 0 Å². The number of carboxylic acid groups (broad SMARTS) is 1. The van der Waals surface area contributed by atoms with Gasteiger partial charge >= 0.3 is 11.9 Å². The van der Waals surface area contributed by atoms with Crippen LogP contribution in [0.5, 0.6) is 0 Å². The molecule has 0 unspecified atom stereocenters. The Kier molecular flexibility index (Phi) is 6.65. The molecular weight excluding hydrogens is 414 g/mol. The Hall–Kier alpha value is -2.93. The standard InChI is InChI=1S/C24H27NO5S/c1-12-6-8-16(9-7-12)19-15(4)31-22(20(19)24(29)30-5)25-21(26)17-10-13(2)14(3)11-18(17)23(27)28/h6-9,17-18H,10-11H2,1-5H3,(H,25,26)(H,27,28)/t17-,18-/m0/s1. The highest BCUT2D eigenvalue weighted by Crippen LogP contribution is 2.42. The van der Waals surface area contributed by atoms with Crippen LogP contribution < -0.4 is 5.32 Å². The number of nitrogens with one attached hydrogen (secondary N) is 1. The lowest BCUT2D eigenvalue weighted by Crippen LogP contribution is -2.36. The molecule has 1 aromatic heterocycles. The first-order chi connectivity index (χ1) is 14.6. The lowest BCUT2D eigenvalue weighted by Gasteiger charge is -2.29. The summed E-state index contributed by atoms with van der Waals surface area (Å²) in [5.74, 6) is -3.40. The zero-order valence-electron chi connectivity index (χ0n) is 18.4. The fourth-order valence-electron chi connectivity index (χ4n) is 4.03. The fourth-order valence-corrected chi connectivity index (χ4v) is 5.10. The van der Waals surface area contributed by atoms with Gasteiger partial charge in [-0.15, -0.1) is 11.3 Å². The van der Waals surface area contributed by atoms with E-state index in [0.717, 1.165) is 32.7 Å². The van der Waals surface area contributed by atoms with Crippen LogP contribution in [0.25, 0.3) is 11.1 Å². The van der Waals surface area contributed by atoms with Gasteiger partial charge in [-0.3, -0.25) is 9.59 Å². The van der Waals surface area contributed by atoms with Gasteiger partial charge in [-0.2, -0.15) is 0 Å². The maximum absolute atomic E-state index is 13.2. The van der Waals surface area contributed by atoms with Gasteiger partial charge in [0, 0.05) is 10.4 Å². The van der Waals surface area contributed by atoms with Gasteiger partial charge in [-0.1, -0.05) is 41.0 Å².